The van der Waals surface area contributed by atoms with Crippen LogP contribution in [0.5, 0.6) is 0 Å². The van der Waals surface area contributed by atoms with Gasteiger partial charge in [0.15, 0.2) is 5.96 Å². The lowest BCUT2D eigenvalue weighted by Gasteiger charge is -2.35. The van der Waals surface area contributed by atoms with E-state index in [1.54, 1.807) is 0 Å². The Balaban J connectivity index is 0.00000364. The molecule has 0 radical (unpaired) electrons. The highest BCUT2D eigenvalue weighted by Crippen LogP contribution is 2.21. The van der Waals surface area contributed by atoms with Crippen molar-refractivity contribution >= 4 is 35.9 Å². The third-order valence-corrected chi connectivity index (χ3v) is 5.50. The van der Waals surface area contributed by atoms with Gasteiger partial charge in [-0.2, -0.15) is 0 Å². The molecule has 0 spiro atoms. The molecule has 2 fully saturated rings. The number of carbonyl (C=O) groups excluding carboxylic acids is 1. The largest absolute Gasteiger partial charge is 0.469 e. The number of nitrogens with one attached hydrogen (secondary N) is 1. The van der Waals surface area contributed by atoms with Gasteiger partial charge in [-0.1, -0.05) is 13.8 Å². The Morgan fingerprint density at radius 3 is 2.37 bits per heavy atom. The first kappa shape index (κ1) is 24.5. The highest BCUT2D eigenvalue weighted by Gasteiger charge is 2.27. The number of ether oxygens (including phenoxy) is 1. The minimum absolute atomic E-state index is 0. The van der Waals surface area contributed by atoms with Crippen LogP contribution in [0.1, 0.15) is 46.5 Å². The summed E-state index contributed by atoms with van der Waals surface area (Å²) in [6.45, 7) is 13.9. The zero-order valence-electron chi connectivity index (χ0n) is 17.6. The molecular weight excluding hydrogens is 455 g/mol. The van der Waals surface area contributed by atoms with E-state index < -0.39 is 0 Å². The molecule has 0 aromatic heterocycles. The van der Waals surface area contributed by atoms with Crippen LogP contribution in [-0.2, 0) is 9.53 Å². The number of carbonyl (C=O) groups is 1. The van der Waals surface area contributed by atoms with E-state index in [2.05, 4.69) is 35.9 Å². The standard InChI is InChI=1S/C20H38N4O2.HI/c1-5-21-20(24-11-7-18(8-12-24)19(25)26-4)22-9-6-10-23-14-16(2)13-17(3)15-23;/h16-18H,5-15H2,1-4H3,(H,21,22);1H. The summed E-state index contributed by atoms with van der Waals surface area (Å²) >= 11 is 0. The third-order valence-electron chi connectivity index (χ3n) is 5.50. The Hall–Kier alpha value is -0.570. The maximum absolute atomic E-state index is 11.7. The molecule has 27 heavy (non-hydrogen) atoms. The molecule has 0 aromatic carbocycles. The highest BCUT2D eigenvalue weighted by molar-refractivity contribution is 14.0. The maximum Gasteiger partial charge on any atom is 0.308 e. The minimum Gasteiger partial charge on any atom is -0.469 e. The molecule has 6 nitrogen and oxygen atoms in total. The number of rotatable bonds is 6. The molecule has 2 rings (SSSR count). The van der Waals surface area contributed by atoms with Crippen LogP contribution in [0.2, 0.25) is 0 Å². The average molecular weight is 494 g/mol. The summed E-state index contributed by atoms with van der Waals surface area (Å²) in [6.07, 6.45) is 4.16. The van der Waals surface area contributed by atoms with Gasteiger partial charge in [0.25, 0.3) is 0 Å². The fourth-order valence-electron chi connectivity index (χ4n) is 4.37. The first-order valence-corrected chi connectivity index (χ1v) is 10.4. The molecule has 0 bridgehead atoms. The molecular formula is C20H39IN4O2. The summed E-state index contributed by atoms with van der Waals surface area (Å²) in [7, 11) is 1.48. The number of halogens is 1. The van der Waals surface area contributed by atoms with Crippen LogP contribution in [0, 0.1) is 17.8 Å². The predicted octanol–water partition coefficient (Wildman–Crippen LogP) is 2.82. The van der Waals surface area contributed by atoms with E-state index >= 15 is 0 Å². The second-order valence-corrected chi connectivity index (χ2v) is 8.08. The molecule has 2 saturated heterocycles. The first-order chi connectivity index (χ1) is 12.5. The number of guanidine groups is 1. The van der Waals surface area contributed by atoms with E-state index in [0.717, 1.165) is 69.8 Å². The topological polar surface area (TPSA) is 57.2 Å². The van der Waals surface area contributed by atoms with E-state index in [-0.39, 0.29) is 35.9 Å². The van der Waals surface area contributed by atoms with Gasteiger partial charge >= 0.3 is 5.97 Å². The van der Waals surface area contributed by atoms with Gasteiger partial charge in [-0.05, 0) is 51.0 Å². The van der Waals surface area contributed by atoms with Crippen molar-refractivity contribution in [3.8, 4) is 0 Å². The number of aliphatic imine (C=N–C) groups is 1. The minimum atomic E-state index is -0.0726. The monoisotopic (exact) mass is 494 g/mol. The second-order valence-electron chi connectivity index (χ2n) is 8.08. The van der Waals surface area contributed by atoms with E-state index in [9.17, 15) is 4.79 Å². The Kier molecular flexibility index (Phi) is 11.6. The number of nitrogens with zero attached hydrogens (tertiary/aromatic N) is 3. The lowest BCUT2D eigenvalue weighted by Crippen LogP contribution is -2.46. The van der Waals surface area contributed by atoms with Gasteiger partial charge in [0.05, 0.1) is 13.0 Å². The summed E-state index contributed by atoms with van der Waals surface area (Å²) in [5.41, 5.74) is 0. The molecule has 2 aliphatic heterocycles. The van der Waals surface area contributed by atoms with Crippen LogP contribution < -0.4 is 5.32 Å². The summed E-state index contributed by atoms with van der Waals surface area (Å²) < 4.78 is 4.88. The van der Waals surface area contributed by atoms with Crippen molar-refractivity contribution in [1.29, 1.82) is 0 Å². The number of piperidine rings is 2. The van der Waals surface area contributed by atoms with Crippen molar-refractivity contribution in [3.63, 3.8) is 0 Å². The van der Waals surface area contributed by atoms with Gasteiger partial charge in [-0.3, -0.25) is 9.79 Å². The summed E-state index contributed by atoms with van der Waals surface area (Å²) in [6, 6.07) is 0. The van der Waals surface area contributed by atoms with Gasteiger partial charge in [0, 0.05) is 39.3 Å². The van der Waals surface area contributed by atoms with E-state index in [4.69, 9.17) is 9.73 Å². The van der Waals surface area contributed by atoms with E-state index in [0.29, 0.717) is 0 Å². The fraction of sp³-hybridized carbons (Fsp3) is 0.900. The lowest BCUT2D eigenvalue weighted by molar-refractivity contribution is -0.146. The van der Waals surface area contributed by atoms with Crippen molar-refractivity contribution in [2.75, 3.05) is 52.9 Å². The fourth-order valence-corrected chi connectivity index (χ4v) is 4.37. The van der Waals surface area contributed by atoms with Crippen LogP contribution in [0.4, 0.5) is 0 Å². The quantitative estimate of drug-likeness (QED) is 0.202. The van der Waals surface area contributed by atoms with Gasteiger partial charge < -0.3 is 19.9 Å². The normalized spacial score (nSPS) is 25.0. The molecule has 2 heterocycles. The summed E-state index contributed by atoms with van der Waals surface area (Å²) in [5.74, 6) is 2.60. The Bertz CT molecular complexity index is 457. The summed E-state index contributed by atoms with van der Waals surface area (Å²) in [5, 5.41) is 3.41. The zero-order valence-corrected chi connectivity index (χ0v) is 19.9. The maximum atomic E-state index is 11.7. The van der Waals surface area contributed by atoms with Crippen LogP contribution in [-0.4, -0.2) is 74.7 Å². The van der Waals surface area contributed by atoms with E-state index in [1.807, 2.05) is 0 Å². The van der Waals surface area contributed by atoms with Crippen molar-refractivity contribution < 1.29 is 9.53 Å². The molecule has 0 saturated carbocycles. The smallest absolute Gasteiger partial charge is 0.308 e. The summed E-state index contributed by atoms with van der Waals surface area (Å²) in [4.78, 5) is 21.4. The van der Waals surface area contributed by atoms with Crippen LogP contribution >= 0.6 is 24.0 Å². The molecule has 0 aromatic rings. The van der Waals surface area contributed by atoms with Crippen molar-refractivity contribution in [2.24, 2.45) is 22.7 Å². The molecule has 2 aliphatic rings. The van der Waals surface area contributed by atoms with E-state index in [1.165, 1.54) is 26.6 Å². The number of likely N-dealkylation sites (tertiary alicyclic amines) is 2. The number of methoxy groups -OCH3 is 1. The number of esters is 1. The molecule has 158 valence electrons. The van der Waals surface area contributed by atoms with Crippen LogP contribution in [0.25, 0.3) is 0 Å². The van der Waals surface area contributed by atoms with Gasteiger partial charge in [0.2, 0.25) is 0 Å². The molecule has 0 amide bonds. The molecule has 0 aliphatic carbocycles. The van der Waals surface area contributed by atoms with Crippen LogP contribution in [0.15, 0.2) is 4.99 Å². The predicted molar refractivity (Wildman–Crippen MR) is 122 cm³/mol. The van der Waals surface area contributed by atoms with Gasteiger partial charge in [-0.15, -0.1) is 24.0 Å². The SMILES string of the molecule is CCNC(=NCCCN1CC(C)CC(C)C1)N1CCC(C(=O)OC)CC1.I. The Labute approximate surface area is 182 Å². The first-order valence-electron chi connectivity index (χ1n) is 10.4. The van der Waals surface area contributed by atoms with Crippen LogP contribution in [0.3, 0.4) is 0 Å². The number of hydrogen-bond acceptors (Lipinski definition) is 4. The number of hydrogen-bond donors (Lipinski definition) is 1. The molecule has 1 N–H and O–H groups in total. The molecule has 2 atom stereocenters. The van der Waals surface area contributed by atoms with Crippen molar-refractivity contribution in [3.05, 3.63) is 0 Å². The zero-order chi connectivity index (χ0) is 18.9. The third kappa shape index (κ3) is 8.13. The Morgan fingerprint density at radius 2 is 1.81 bits per heavy atom. The second kappa shape index (κ2) is 12.8. The molecule has 7 heteroatoms. The highest BCUT2D eigenvalue weighted by atomic mass is 127. The van der Waals surface area contributed by atoms with Gasteiger partial charge in [0.1, 0.15) is 0 Å². The van der Waals surface area contributed by atoms with Crippen molar-refractivity contribution in [1.82, 2.24) is 15.1 Å². The molecule has 2 unspecified atom stereocenters. The average Bonchev–Trinajstić information content (AvgIpc) is 2.63. The van der Waals surface area contributed by atoms with Gasteiger partial charge in [-0.25, -0.2) is 0 Å². The lowest BCUT2D eigenvalue weighted by atomic mass is 9.92. The van der Waals surface area contributed by atoms with Crippen molar-refractivity contribution in [2.45, 2.75) is 46.5 Å². The Morgan fingerprint density at radius 1 is 1.19 bits per heavy atom.